The van der Waals surface area contributed by atoms with Gasteiger partial charge in [0.05, 0.1) is 5.69 Å². The van der Waals surface area contributed by atoms with Gasteiger partial charge in [-0.3, -0.25) is 0 Å². The summed E-state index contributed by atoms with van der Waals surface area (Å²) >= 11 is 5.90. The van der Waals surface area contributed by atoms with Crippen LogP contribution in [0.4, 0.5) is 10.5 Å². The maximum absolute atomic E-state index is 11.0. The van der Waals surface area contributed by atoms with Gasteiger partial charge in [-0.15, -0.1) is 0 Å². The number of piperidine rings is 1. The Morgan fingerprint density at radius 1 is 1.12 bits per heavy atom. The molecular formula is C18H19ClN2O3. The number of rotatable bonds is 4. The fourth-order valence-corrected chi connectivity index (χ4v) is 2.87. The minimum absolute atomic E-state index is 0.232. The number of likely N-dealkylation sites (tertiary alicyclic amines) is 1. The Kier molecular flexibility index (Phi) is 5.11. The van der Waals surface area contributed by atoms with Crippen LogP contribution in [-0.2, 0) is 0 Å². The van der Waals surface area contributed by atoms with Crippen LogP contribution in [0.15, 0.2) is 48.5 Å². The first-order valence-corrected chi connectivity index (χ1v) is 8.26. The van der Waals surface area contributed by atoms with E-state index in [0.717, 1.165) is 24.3 Å². The number of amides is 1. The molecule has 2 aromatic rings. The molecule has 0 atom stereocenters. The molecule has 126 valence electrons. The first kappa shape index (κ1) is 16.5. The van der Waals surface area contributed by atoms with Crippen LogP contribution in [0.3, 0.4) is 0 Å². The average molecular weight is 347 g/mol. The molecule has 1 heterocycles. The first-order chi connectivity index (χ1) is 11.6. The summed E-state index contributed by atoms with van der Waals surface area (Å²) in [6.45, 7) is 1.10. The van der Waals surface area contributed by atoms with Crippen molar-refractivity contribution in [3.8, 4) is 11.5 Å². The van der Waals surface area contributed by atoms with Crippen molar-refractivity contribution in [2.75, 3.05) is 18.4 Å². The van der Waals surface area contributed by atoms with E-state index >= 15 is 0 Å². The van der Waals surface area contributed by atoms with Gasteiger partial charge in [0.25, 0.3) is 0 Å². The van der Waals surface area contributed by atoms with Crippen molar-refractivity contribution in [3.05, 3.63) is 53.6 Å². The molecule has 6 heteroatoms. The van der Waals surface area contributed by atoms with E-state index < -0.39 is 6.09 Å². The third kappa shape index (κ3) is 4.11. The summed E-state index contributed by atoms with van der Waals surface area (Å²) in [4.78, 5) is 12.4. The lowest BCUT2D eigenvalue weighted by Crippen LogP contribution is -2.41. The van der Waals surface area contributed by atoms with Crippen LogP contribution in [0.1, 0.15) is 12.8 Å². The molecule has 0 radical (unpaired) electrons. The maximum Gasteiger partial charge on any atom is 0.407 e. The molecule has 2 N–H and O–H groups in total. The van der Waals surface area contributed by atoms with Gasteiger partial charge >= 0.3 is 6.09 Å². The van der Waals surface area contributed by atoms with Crippen molar-refractivity contribution in [3.63, 3.8) is 0 Å². The standard InChI is InChI=1S/C18H19ClN2O3/c19-13-5-7-15(8-6-13)24-17-4-2-1-3-16(17)20-14-9-11-21(12-10-14)18(22)23/h1-8,14,20H,9-12H2,(H,22,23). The number of hydrogen-bond donors (Lipinski definition) is 2. The van der Waals surface area contributed by atoms with Crippen molar-refractivity contribution < 1.29 is 14.6 Å². The van der Waals surface area contributed by atoms with Gasteiger partial charge in [0.1, 0.15) is 5.75 Å². The quantitative estimate of drug-likeness (QED) is 0.843. The molecule has 0 bridgehead atoms. The van der Waals surface area contributed by atoms with E-state index in [1.54, 1.807) is 12.1 Å². The Balaban J connectivity index is 1.66. The number of para-hydroxylation sites is 2. The molecule has 1 saturated heterocycles. The minimum Gasteiger partial charge on any atom is -0.465 e. The number of hydrogen-bond acceptors (Lipinski definition) is 3. The second-order valence-corrected chi connectivity index (χ2v) is 6.18. The van der Waals surface area contributed by atoms with Gasteiger partial charge in [0.2, 0.25) is 0 Å². The van der Waals surface area contributed by atoms with E-state index in [1.807, 2.05) is 36.4 Å². The molecule has 1 aliphatic rings. The first-order valence-electron chi connectivity index (χ1n) is 7.88. The SMILES string of the molecule is O=C(O)N1CCC(Nc2ccccc2Oc2ccc(Cl)cc2)CC1. The Morgan fingerprint density at radius 2 is 1.79 bits per heavy atom. The van der Waals surface area contributed by atoms with Gasteiger partial charge in [-0.05, 0) is 49.2 Å². The van der Waals surface area contributed by atoms with Gasteiger partial charge in [0, 0.05) is 24.2 Å². The zero-order valence-electron chi connectivity index (χ0n) is 13.1. The lowest BCUT2D eigenvalue weighted by Gasteiger charge is -2.31. The molecule has 1 fully saturated rings. The smallest absolute Gasteiger partial charge is 0.407 e. The van der Waals surface area contributed by atoms with E-state index in [-0.39, 0.29) is 6.04 Å². The summed E-state index contributed by atoms with van der Waals surface area (Å²) < 4.78 is 5.94. The average Bonchev–Trinajstić information content (AvgIpc) is 2.59. The highest BCUT2D eigenvalue weighted by atomic mass is 35.5. The summed E-state index contributed by atoms with van der Waals surface area (Å²) in [5.41, 5.74) is 0.904. The third-order valence-corrected chi connectivity index (χ3v) is 4.31. The van der Waals surface area contributed by atoms with Crippen molar-refractivity contribution in [1.29, 1.82) is 0 Å². The van der Waals surface area contributed by atoms with E-state index in [9.17, 15) is 4.79 Å². The van der Waals surface area contributed by atoms with Gasteiger partial charge in [-0.1, -0.05) is 23.7 Å². The summed E-state index contributed by atoms with van der Waals surface area (Å²) in [5.74, 6) is 1.45. The zero-order valence-corrected chi connectivity index (χ0v) is 13.9. The molecule has 24 heavy (non-hydrogen) atoms. The van der Waals surface area contributed by atoms with Gasteiger partial charge in [0.15, 0.2) is 5.75 Å². The number of ether oxygens (including phenoxy) is 1. The van der Waals surface area contributed by atoms with Crippen LogP contribution in [0.2, 0.25) is 5.02 Å². The molecule has 1 aliphatic heterocycles. The Hall–Kier alpha value is -2.40. The lowest BCUT2D eigenvalue weighted by molar-refractivity contribution is 0.134. The monoisotopic (exact) mass is 346 g/mol. The zero-order chi connectivity index (χ0) is 16.9. The molecular weight excluding hydrogens is 328 g/mol. The Morgan fingerprint density at radius 3 is 2.46 bits per heavy atom. The summed E-state index contributed by atoms with van der Waals surface area (Å²) in [6, 6.07) is 15.2. The van der Waals surface area contributed by atoms with Crippen LogP contribution in [-0.4, -0.2) is 35.2 Å². The van der Waals surface area contributed by atoms with E-state index in [0.29, 0.717) is 23.9 Å². The highest BCUT2D eigenvalue weighted by Crippen LogP contribution is 2.31. The Bertz CT molecular complexity index is 698. The topological polar surface area (TPSA) is 61.8 Å². The third-order valence-electron chi connectivity index (χ3n) is 4.05. The summed E-state index contributed by atoms with van der Waals surface area (Å²) in [6.07, 6.45) is 0.711. The largest absolute Gasteiger partial charge is 0.465 e. The van der Waals surface area contributed by atoms with Crippen LogP contribution >= 0.6 is 11.6 Å². The molecule has 0 spiro atoms. The number of halogens is 1. The number of nitrogens with zero attached hydrogens (tertiary/aromatic N) is 1. The van der Waals surface area contributed by atoms with E-state index in [2.05, 4.69) is 5.32 Å². The number of benzene rings is 2. The maximum atomic E-state index is 11.0. The molecule has 3 rings (SSSR count). The number of anilines is 1. The molecule has 1 amide bonds. The normalized spacial score (nSPS) is 15.1. The highest BCUT2D eigenvalue weighted by molar-refractivity contribution is 6.30. The van der Waals surface area contributed by atoms with Crippen molar-refractivity contribution in [1.82, 2.24) is 4.90 Å². The molecule has 0 saturated carbocycles. The molecule has 5 nitrogen and oxygen atoms in total. The highest BCUT2D eigenvalue weighted by Gasteiger charge is 2.22. The summed E-state index contributed by atoms with van der Waals surface area (Å²) in [5, 5.41) is 13.2. The van der Waals surface area contributed by atoms with Crippen molar-refractivity contribution >= 4 is 23.4 Å². The predicted molar refractivity (Wildman–Crippen MR) is 94.2 cm³/mol. The Labute approximate surface area is 145 Å². The van der Waals surface area contributed by atoms with Crippen LogP contribution in [0, 0.1) is 0 Å². The molecule has 0 aromatic heterocycles. The molecule has 0 unspecified atom stereocenters. The second-order valence-electron chi connectivity index (χ2n) is 5.74. The van der Waals surface area contributed by atoms with Crippen LogP contribution < -0.4 is 10.1 Å². The fourth-order valence-electron chi connectivity index (χ4n) is 2.74. The van der Waals surface area contributed by atoms with Crippen LogP contribution in [0.25, 0.3) is 0 Å². The van der Waals surface area contributed by atoms with E-state index in [4.69, 9.17) is 21.4 Å². The fraction of sp³-hybridized carbons (Fsp3) is 0.278. The summed E-state index contributed by atoms with van der Waals surface area (Å²) in [7, 11) is 0. The second kappa shape index (κ2) is 7.45. The minimum atomic E-state index is -0.847. The van der Waals surface area contributed by atoms with E-state index in [1.165, 1.54) is 4.90 Å². The number of carbonyl (C=O) groups is 1. The van der Waals surface area contributed by atoms with Crippen LogP contribution in [0.5, 0.6) is 11.5 Å². The molecule has 0 aliphatic carbocycles. The van der Waals surface area contributed by atoms with Gasteiger partial charge in [-0.25, -0.2) is 4.79 Å². The number of nitrogens with one attached hydrogen (secondary N) is 1. The molecule has 2 aromatic carbocycles. The predicted octanol–water partition coefficient (Wildman–Crippen LogP) is 4.69. The van der Waals surface area contributed by atoms with Crippen molar-refractivity contribution in [2.45, 2.75) is 18.9 Å². The lowest BCUT2D eigenvalue weighted by atomic mass is 10.0. The van der Waals surface area contributed by atoms with Gasteiger partial charge < -0.3 is 20.1 Å². The van der Waals surface area contributed by atoms with Gasteiger partial charge in [-0.2, -0.15) is 0 Å². The van der Waals surface area contributed by atoms with Crippen molar-refractivity contribution in [2.24, 2.45) is 0 Å². The number of carboxylic acid groups (broad SMARTS) is 1.